The minimum absolute atomic E-state index is 0.310. The molecule has 2 aliphatic rings. The largest absolute Gasteiger partial charge is 0.496 e. The Balaban J connectivity index is 1.89. The predicted molar refractivity (Wildman–Crippen MR) is 85.2 cm³/mol. The minimum atomic E-state index is -0.311. The number of hydrogen-bond acceptors (Lipinski definition) is 4. The van der Waals surface area contributed by atoms with Gasteiger partial charge in [0.2, 0.25) is 0 Å². The second-order valence-corrected chi connectivity index (χ2v) is 6.75. The van der Waals surface area contributed by atoms with E-state index in [1.165, 1.54) is 5.69 Å². The Morgan fingerprint density at radius 3 is 2.14 bits per heavy atom. The summed E-state index contributed by atoms with van der Waals surface area (Å²) in [6.45, 7) is 11.7. The van der Waals surface area contributed by atoms with E-state index in [4.69, 9.17) is 14.0 Å². The first-order chi connectivity index (χ1) is 9.91. The molecule has 4 nitrogen and oxygen atoms in total. The number of anilines is 1. The number of morpholine rings is 1. The van der Waals surface area contributed by atoms with Crippen molar-refractivity contribution in [2.75, 3.05) is 31.2 Å². The van der Waals surface area contributed by atoms with Crippen molar-refractivity contribution in [1.29, 1.82) is 0 Å². The van der Waals surface area contributed by atoms with Crippen molar-refractivity contribution in [1.82, 2.24) is 0 Å². The van der Waals surface area contributed by atoms with Crippen molar-refractivity contribution in [2.24, 2.45) is 0 Å². The van der Waals surface area contributed by atoms with E-state index in [1.807, 2.05) is 6.07 Å². The second-order valence-electron chi connectivity index (χ2n) is 6.75. The smallest absolute Gasteiger partial charge is 0.399 e. The molecule has 21 heavy (non-hydrogen) atoms. The SMILES string of the molecule is CC1(C)OB(c2ccccc2N2CCOCC2)OC1(C)C. The number of para-hydroxylation sites is 1. The maximum Gasteiger partial charge on any atom is 0.496 e. The summed E-state index contributed by atoms with van der Waals surface area (Å²) < 4.78 is 17.9. The Bertz CT molecular complexity index is 496. The highest BCUT2D eigenvalue weighted by Crippen LogP contribution is 2.37. The molecule has 0 aliphatic carbocycles. The van der Waals surface area contributed by atoms with Crippen LogP contribution in [0.4, 0.5) is 5.69 Å². The Morgan fingerprint density at radius 1 is 0.952 bits per heavy atom. The van der Waals surface area contributed by atoms with Crippen LogP contribution in [0.3, 0.4) is 0 Å². The van der Waals surface area contributed by atoms with Crippen molar-refractivity contribution in [2.45, 2.75) is 38.9 Å². The molecule has 0 aromatic heterocycles. The minimum Gasteiger partial charge on any atom is -0.399 e. The average molecular weight is 289 g/mol. The van der Waals surface area contributed by atoms with E-state index in [-0.39, 0.29) is 18.3 Å². The van der Waals surface area contributed by atoms with E-state index in [2.05, 4.69) is 50.8 Å². The zero-order chi connectivity index (χ0) is 15.1. The maximum absolute atomic E-state index is 6.20. The summed E-state index contributed by atoms with van der Waals surface area (Å²) in [5.41, 5.74) is 1.68. The Kier molecular flexibility index (Phi) is 3.76. The van der Waals surface area contributed by atoms with Gasteiger partial charge in [0.25, 0.3) is 0 Å². The lowest BCUT2D eigenvalue weighted by Crippen LogP contribution is -2.43. The van der Waals surface area contributed by atoms with Crippen molar-refractivity contribution >= 4 is 18.3 Å². The van der Waals surface area contributed by atoms with Gasteiger partial charge in [-0.3, -0.25) is 0 Å². The van der Waals surface area contributed by atoms with E-state index < -0.39 is 0 Å². The first-order valence-electron chi connectivity index (χ1n) is 7.68. The van der Waals surface area contributed by atoms with Crippen LogP contribution in [0.2, 0.25) is 0 Å². The van der Waals surface area contributed by atoms with Gasteiger partial charge >= 0.3 is 7.12 Å². The standard InChI is InChI=1S/C16H24BNO3/c1-15(2)16(3,4)21-17(20-15)13-7-5-6-8-14(13)18-9-11-19-12-10-18/h5-8H,9-12H2,1-4H3. The molecule has 2 saturated heterocycles. The van der Waals surface area contributed by atoms with E-state index in [1.54, 1.807) is 0 Å². The van der Waals surface area contributed by atoms with Gasteiger partial charge < -0.3 is 18.9 Å². The summed E-state index contributed by atoms with van der Waals surface area (Å²) in [5.74, 6) is 0. The number of hydrogen-bond donors (Lipinski definition) is 0. The third-order valence-electron chi connectivity index (χ3n) is 4.80. The molecule has 2 aliphatic heterocycles. The second kappa shape index (κ2) is 5.31. The van der Waals surface area contributed by atoms with Crippen LogP contribution in [0, 0.1) is 0 Å². The molecule has 5 heteroatoms. The summed E-state index contributed by atoms with van der Waals surface area (Å²) in [7, 11) is -0.311. The fourth-order valence-electron chi connectivity index (χ4n) is 2.75. The van der Waals surface area contributed by atoms with Crippen LogP contribution >= 0.6 is 0 Å². The van der Waals surface area contributed by atoms with Gasteiger partial charge in [0.15, 0.2) is 0 Å². The summed E-state index contributed by atoms with van der Waals surface area (Å²) in [6.07, 6.45) is 0. The third-order valence-corrected chi connectivity index (χ3v) is 4.80. The van der Waals surface area contributed by atoms with Gasteiger partial charge in [-0.05, 0) is 33.8 Å². The first kappa shape index (κ1) is 14.9. The molecule has 2 fully saturated rings. The van der Waals surface area contributed by atoms with E-state index in [0.717, 1.165) is 31.8 Å². The molecule has 0 N–H and O–H groups in total. The Morgan fingerprint density at radius 2 is 1.52 bits per heavy atom. The summed E-state index contributed by atoms with van der Waals surface area (Å²) in [4.78, 5) is 2.35. The van der Waals surface area contributed by atoms with Gasteiger partial charge in [-0.2, -0.15) is 0 Å². The highest BCUT2D eigenvalue weighted by molar-refractivity contribution is 6.64. The zero-order valence-electron chi connectivity index (χ0n) is 13.4. The van der Waals surface area contributed by atoms with Gasteiger partial charge in [-0.15, -0.1) is 0 Å². The van der Waals surface area contributed by atoms with E-state index >= 15 is 0 Å². The van der Waals surface area contributed by atoms with Crippen molar-refractivity contribution < 1.29 is 14.0 Å². The predicted octanol–water partition coefficient (Wildman–Crippen LogP) is 1.82. The van der Waals surface area contributed by atoms with Crippen LogP contribution in [-0.4, -0.2) is 44.6 Å². The zero-order valence-corrected chi connectivity index (χ0v) is 13.4. The topological polar surface area (TPSA) is 30.9 Å². The molecule has 2 heterocycles. The maximum atomic E-state index is 6.20. The monoisotopic (exact) mass is 289 g/mol. The normalized spacial score (nSPS) is 24.4. The third kappa shape index (κ3) is 2.70. The molecule has 1 aromatic carbocycles. The Labute approximate surface area is 127 Å². The number of ether oxygens (including phenoxy) is 1. The van der Waals surface area contributed by atoms with Crippen LogP contribution in [0.5, 0.6) is 0 Å². The first-order valence-corrected chi connectivity index (χ1v) is 7.68. The highest BCUT2D eigenvalue weighted by atomic mass is 16.7. The van der Waals surface area contributed by atoms with Crippen molar-refractivity contribution in [3.8, 4) is 0 Å². The summed E-state index contributed by atoms with van der Waals surface area (Å²) in [6, 6.07) is 8.36. The molecule has 1 aromatic rings. The number of nitrogens with zero attached hydrogens (tertiary/aromatic N) is 1. The van der Waals surface area contributed by atoms with Gasteiger partial charge in [0.1, 0.15) is 0 Å². The molecule has 0 radical (unpaired) electrons. The molecule has 3 rings (SSSR count). The highest BCUT2D eigenvalue weighted by Gasteiger charge is 2.52. The van der Waals surface area contributed by atoms with Crippen LogP contribution in [0.15, 0.2) is 24.3 Å². The molecule has 0 bridgehead atoms. The van der Waals surface area contributed by atoms with Crippen LogP contribution in [0.25, 0.3) is 0 Å². The lowest BCUT2D eigenvalue weighted by atomic mass is 9.77. The van der Waals surface area contributed by atoms with Crippen molar-refractivity contribution in [3.63, 3.8) is 0 Å². The molecule has 0 unspecified atom stereocenters. The van der Waals surface area contributed by atoms with Crippen molar-refractivity contribution in [3.05, 3.63) is 24.3 Å². The number of rotatable bonds is 2. The molecule has 0 spiro atoms. The van der Waals surface area contributed by atoms with E-state index in [0.29, 0.717) is 0 Å². The Hall–Kier alpha value is -1.04. The van der Waals surface area contributed by atoms with Gasteiger partial charge in [-0.25, -0.2) is 0 Å². The molecule has 0 saturated carbocycles. The van der Waals surface area contributed by atoms with Gasteiger partial charge in [0, 0.05) is 24.2 Å². The average Bonchev–Trinajstić information content (AvgIpc) is 2.68. The number of benzene rings is 1. The van der Waals surface area contributed by atoms with Crippen LogP contribution in [-0.2, 0) is 14.0 Å². The fourth-order valence-corrected chi connectivity index (χ4v) is 2.75. The fraction of sp³-hybridized carbons (Fsp3) is 0.625. The summed E-state index contributed by atoms with van der Waals surface area (Å²) >= 11 is 0. The van der Waals surface area contributed by atoms with Gasteiger partial charge in [-0.1, -0.05) is 18.2 Å². The molecule has 0 amide bonds. The van der Waals surface area contributed by atoms with Gasteiger partial charge in [0.05, 0.1) is 24.4 Å². The quantitative estimate of drug-likeness (QED) is 0.777. The molecular formula is C16H24BNO3. The molecular weight excluding hydrogens is 265 g/mol. The van der Waals surface area contributed by atoms with Crippen LogP contribution < -0.4 is 10.4 Å². The lowest BCUT2D eigenvalue weighted by Gasteiger charge is -2.32. The van der Waals surface area contributed by atoms with E-state index in [9.17, 15) is 0 Å². The molecule has 0 atom stereocenters. The summed E-state index contributed by atoms with van der Waals surface area (Å²) in [5, 5.41) is 0. The van der Waals surface area contributed by atoms with Crippen LogP contribution in [0.1, 0.15) is 27.7 Å². The molecule has 114 valence electrons. The lowest BCUT2D eigenvalue weighted by molar-refractivity contribution is 0.00578.